The van der Waals surface area contributed by atoms with Crippen molar-refractivity contribution in [1.82, 2.24) is 10.2 Å². The van der Waals surface area contributed by atoms with Crippen LogP contribution in [0.25, 0.3) is 0 Å². The molecular formula is C22H29N5O2S. The summed E-state index contributed by atoms with van der Waals surface area (Å²) in [5.74, 6) is 2.12. The molecule has 1 aliphatic heterocycles. The summed E-state index contributed by atoms with van der Waals surface area (Å²) in [6, 6.07) is 14.1. The lowest BCUT2D eigenvalue weighted by molar-refractivity contribution is 0.176. The van der Waals surface area contributed by atoms with Gasteiger partial charge in [-0.2, -0.15) is 11.8 Å². The molecule has 1 aliphatic rings. The van der Waals surface area contributed by atoms with Gasteiger partial charge in [0.2, 0.25) is 0 Å². The molecule has 0 spiro atoms. The van der Waals surface area contributed by atoms with Crippen LogP contribution in [0.4, 0.5) is 26.7 Å². The second-order valence-corrected chi connectivity index (χ2v) is 8.81. The Balaban J connectivity index is 1.58. The summed E-state index contributed by atoms with van der Waals surface area (Å²) in [6.07, 6.45) is 1.06. The molecular weight excluding hydrogens is 398 g/mol. The number of nitrogens with one attached hydrogen (secondary N) is 4. The van der Waals surface area contributed by atoms with Crippen molar-refractivity contribution in [3.05, 3.63) is 54.1 Å². The van der Waals surface area contributed by atoms with Gasteiger partial charge in [0.25, 0.3) is 0 Å². The zero-order valence-electron chi connectivity index (χ0n) is 17.6. The number of carbonyl (C=O) groups is 2. The lowest BCUT2D eigenvalue weighted by Crippen LogP contribution is -2.53. The van der Waals surface area contributed by atoms with Crippen LogP contribution in [0, 0.1) is 6.92 Å². The molecule has 3 rings (SSSR count). The van der Waals surface area contributed by atoms with Crippen molar-refractivity contribution in [2.75, 3.05) is 48.1 Å². The molecule has 1 atom stereocenters. The second-order valence-electron chi connectivity index (χ2n) is 7.70. The molecule has 0 unspecified atom stereocenters. The Kier molecular flexibility index (Phi) is 7.23. The predicted molar refractivity (Wildman–Crippen MR) is 126 cm³/mol. The molecule has 0 bridgehead atoms. The number of anilines is 3. The van der Waals surface area contributed by atoms with Crippen LogP contribution in [-0.2, 0) is 0 Å². The number of carbonyl (C=O) groups excluding carboxylic acids is 2. The summed E-state index contributed by atoms with van der Waals surface area (Å²) in [7, 11) is 4.12. The maximum Gasteiger partial charge on any atom is 0.323 e. The fourth-order valence-corrected chi connectivity index (χ4v) is 4.86. The third-order valence-electron chi connectivity index (χ3n) is 5.38. The van der Waals surface area contributed by atoms with E-state index in [-0.39, 0.29) is 17.6 Å². The Labute approximate surface area is 182 Å². The topological polar surface area (TPSA) is 85.5 Å². The first-order chi connectivity index (χ1) is 14.4. The Morgan fingerprint density at radius 2 is 1.73 bits per heavy atom. The van der Waals surface area contributed by atoms with Crippen LogP contribution in [0.15, 0.2) is 48.5 Å². The number of amides is 4. The van der Waals surface area contributed by atoms with E-state index < -0.39 is 0 Å². The molecule has 7 nitrogen and oxygen atoms in total. The minimum absolute atomic E-state index is 0.00399. The van der Waals surface area contributed by atoms with Gasteiger partial charge in [-0.15, -0.1) is 0 Å². The van der Waals surface area contributed by atoms with E-state index >= 15 is 0 Å². The van der Waals surface area contributed by atoms with E-state index in [1.807, 2.05) is 55.1 Å². The summed E-state index contributed by atoms with van der Waals surface area (Å²) >= 11 is 1.92. The largest absolute Gasteiger partial charge is 0.336 e. The van der Waals surface area contributed by atoms with Crippen LogP contribution in [-0.4, -0.2) is 54.6 Å². The zero-order chi connectivity index (χ0) is 21.6. The molecule has 0 saturated carbocycles. The Bertz CT molecular complexity index is 882. The van der Waals surface area contributed by atoms with Gasteiger partial charge in [-0.1, -0.05) is 24.3 Å². The number of thioether (sulfide) groups is 1. The van der Waals surface area contributed by atoms with E-state index in [2.05, 4.69) is 40.3 Å². The highest BCUT2D eigenvalue weighted by atomic mass is 32.2. The Morgan fingerprint density at radius 1 is 1.00 bits per heavy atom. The highest BCUT2D eigenvalue weighted by Gasteiger charge is 2.36. The van der Waals surface area contributed by atoms with Crippen molar-refractivity contribution in [2.45, 2.75) is 18.9 Å². The number of nitrogens with zero attached hydrogens (tertiary/aromatic N) is 1. The quantitative estimate of drug-likeness (QED) is 0.557. The van der Waals surface area contributed by atoms with Crippen molar-refractivity contribution in [2.24, 2.45) is 0 Å². The highest BCUT2D eigenvalue weighted by molar-refractivity contribution is 7.99. The molecule has 4 N–H and O–H groups in total. The third kappa shape index (κ3) is 5.67. The number of aryl methyl sites for hydroxylation is 1. The molecule has 30 heavy (non-hydrogen) atoms. The van der Waals surface area contributed by atoms with Gasteiger partial charge in [0.1, 0.15) is 0 Å². The van der Waals surface area contributed by atoms with Gasteiger partial charge < -0.3 is 26.2 Å². The molecule has 0 aliphatic carbocycles. The summed E-state index contributed by atoms with van der Waals surface area (Å²) in [5, 5.41) is 11.5. The monoisotopic (exact) mass is 427 g/mol. The fourth-order valence-electron chi connectivity index (χ4n) is 3.31. The molecule has 0 radical (unpaired) electrons. The molecule has 160 valence electrons. The number of rotatable bonds is 6. The van der Waals surface area contributed by atoms with Crippen molar-refractivity contribution in [3.8, 4) is 0 Å². The average Bonchev–Trinajstić information content (AvgIpc) is 3.20. The third-order valence-corrected chi connectivity index (χ3v) is 6.62. The number of benzene rings is 2. The number of hydrogen-bond donors (Lipinski definition) is 4. The first-order valence-electron chi connectivity index (χ1n) is 9.92. The molecule has 4 amide bonds. The number of hydrogen-bond acceptors (Lipinski definition) is 4. The van der Waals surface area contributed by atoms with Gasteiger partial charge in [0, 0.05) is 34.9 Å². The Morgan fingerprint density at radius 3 is 2.40 bits per heavy atom. The lowest BCUT2D eigenvalue weighted by atomic mass is 9.97. The zero-order valence-corrected chi connectivity index (χ0v) is 18.4. The lowest BCUT2D eigenvalue weighted by Gasteiger charge is -2.35. The maximum absolute atomic E-state index is 12.5. The van der Waals surface area contributed by atoms with Crippen molar-refractivity contribution < 1.29 is 9.59 Å². The summed E-state index contributed by atoms with van der Waals surface area (Å²) in [5.41, 5.74) is 2.87. The van der Waals surface area contributed by atoms with Gasteiger partial charge in [-0.05, 0) is 63.0 Å². The molecule has 2 aromatic carbocycles. The van der Waals surface area contributed by atoms with E-state index in [0.717, 1.165) is 23.5 Å². The van der Waals surface area contributed by atoms with Crippen LogP contribution in [0.3, 0.4) is 0 Å². The Hall–Kier alpha value is -2.71. The normalized spacial score (nSPS) is 18.1. The van der Waals surface area contributed by atoms with E-state index in [1.54, 1.807) is 12.1 Å². The summed E-state index contributed by atoms with van der Waals surface area (Å²) in [4.78, 5) is 26.9. The smallest absolute Gasteiger partial charge is 0.323 e. The second kappa shape index (κ2) is 9.86. The molecule has 8 heteroatoms. The van der Waals surface area contributed by atoms with Gasteiger partial charge in [-0.25, -0.2) is 9.59 Å². The number of likely N-dealkylation sites (N-methyl/N-ethyl adjacent to an activating group) is 1. The SMILES string of the molecule is Cc1ccc(NC(=O)Nc2ccccc2)cc1NC(=O)NC[C@@]1(N(C)C)CCSC1. The van der Waals surface area contributed by atoms with E-state index in [1.165, 1.54) is 0 Å². The minimum Gasteiger partial charge on any atom is -0.336 e. The fraction of sp³-hybridized carbons (Fsp3) is 0.364. The van der Waals surface area contributed by atoms with Crippen molar-refractivity contribution >= 4 is 40.9 Å². The highest BCUT2D eigenvalue weighted by Crippen LogP contribution is 2.31. The van der Waals surface area contributed by atoms with Crippen molar-refractivity contribution in [1.29, 1.82) is 0 Å². The molecule has 1 saturated heterocycles. The van der Waals surface area contributed by atoms with Crippen LogP contribution in [0.1, 0.15) is 12.0 Å². The molecule has 1 heterocycles. The summed E-state index contributed by atoms with van der Waals surface area (Å²) in [6.45, 7) is 2.51. The number of para-hydroxylation sites is 1. The predicted octanol–water partition coefficient (Wildman–Crippen LogP) is 4.20. The van der Waals surface area contributed by atoms with Gasteiger partial charge >= 0.3 is 12.1 Å². The summed E-state index contributed by atoms with van der Waals surface area (Å²) < 4.78 is 0. The van der Waals surface area contributed by atoms with Crippen LogP contribution in [0.2, 0.25) is 0 Å². The van der Waals surface area contributed by atoms with E-state index in [4.69, 9.17) is 0 Å². The molecule has 2 aromatic rings. The first-order valence-corrected chi connectivity index (χ1v) is 11.1. The van der Waals surface area contributed by atoms with Gasteiger partial charge in [0.15, 0.2) is 0 Å². The minimum atomic E-state index is -0.341. The van der Waals surface area contributed by atoms with E-state index in [9.17, 15) is 9.59 Å². The standard InChI is InChI=1S/C22H29N5O2S/c1-16-9-10-18(25-21(29)24-17-7-5-4-6-8-17)13-19(16)26-20(28)23-14-22(27(2)3)11-12-30-15-22/h4-10,13H,11-12,14-15H2,1-3H3,(H2,23,26,28)(H2,24,25,29)/t22-/m0/s1. The van der Waals surface area contributed by atoms with Crippen molar-refractivity contribution in [3.63, 3.8) is 0 Å². The van der Waals surface area contributed by atoms with Crippen LogP contribution < -0.4 is 21.3 Å². The first kappa shape index (κ1) is 22.0. The van der Waals surface area contributed by atoms with Crippen LogP contribution >= 0.6 is 11.8 Å². The molecule has 0 aromatic heterocycles. The maximum atomic E-state index is 12.5. The van der Waals surface area contributed by atoms with E-state index in [0.29, 0.717) is 23.6 Å². The molecule has 1 fully saturated rings. The average molecular weight is 428 g/mol. The van der Waals surface area contributed by atoms with Gasteiger partial charge in [-0.3, -0.25) is 0 Å². The van der Waals surface area contributed by atoms with Gasteiger partial charge in [0.05, 0.1) is 0 Å². The number of urea groups is 2. The van der Waals surface area contributed by atoms with Crippen LogP contribution in [0.5, 0.6) is 0 Å².